The Morgan fingerprint density at radius 3 is 2.28 bits per heavy atom. The molecule has 0 spiro atoms. The first-order valence-electron chi connectivity index (χ1n) is 9.85. The highest BCUT2D eigenvalue weighted by Gasteiger charge is 2.41. The topological polar surface area (TPSA) is 179 Å². The summed E-state index contributed by atoms with van der Waals surface area (Å²) in [6.07, 6.45) is -0.641. The van der Waals surface area contributed by atoms with E-state index in [4.69, 9.17) is 11.5 Å². The van der Waals surface area contributed by atoms with Gasteiger partial charge in [-0.25, -0.2) is 0 Å². The minimum Gasteiger partial charge on any atom is -0.391 e. The Balaban J connectivity index is 2.00. The Morgan fingerprint density at radius 2 is 1.72 bits per heavy atom. The molecule has 7 N–H and O–H groups in total. The molecule has 0 radical (unpaired) electrons. The van der Waals surface area contributed by atoms with Gasteiger partial charge in [-0.1, -0.05) is 0 Å². The smallest absolute Gasteiger partial charge is 0.243 e. The molecule has 0 aromatic heterocycles. The van der Waals surface area contributed by atoms with Gasteiger partial charge in [-0.15, -0.1) is 0 Å². The van der Waals surface area contributed by atoms with Crippen molar-refractivity contribution in [2.24, 2.45) is 17.4 Å². The molecule has 6 atom stereocenters. The van der Waals surface area contributed by atoms with Crippen LogP contribution >= 0.6 is 0 Å². The molecule has 4 amide bonds. The number of primary amides is 1. The number of likely N-dealkylation sites (tertiary alicyclic amines) is 2. The van der Waals surface area contributed by atoms with Gasteiger partial charge in [-0.05, 0) is 33.1 Å². The van der Waals surface area contributed by atoms with Gasteiger partial charge in [0.2, 0.25) is 23.6 Å². The first-order chi connectivity index (χ1) is 13.5. The Bertz CT molecular complexity index is 655. The fourth-order valence-electron chi connectivity index (χ4n) is 3.80. The number of hydrogen-bond donors (Lipinski definition) is 5. The van der Waals surface area contributed by atoms with Crippen molar-refractivity contribution in [3.05, 3.63) is 0 Å². The lowest BCUT2D eigenvalue weighted by atomic mass is 10.1. The van der Waals surface area contributed by atoms with Gasteiger partial charge in [-0.2, -0.15) is 0 Å². The number of aliphatic hydroxyl groups excluding tert-OH is 2. The van der Waals surface area contributed by atoms with Gasteiger partial charge in [0.15, 0.2) is 0 Å². The van der Waals surface area contributed by atoms with E-state index in [0.717, 1.165) is 0 Å². The van der Waals surface area contributed by atoms with Crippen LogP contribution in [0.3, 0.4) is 0 Å². The number of rotatable bonds is 7. The molecule has 2 saturated heterocycles. The predicted molar refractivity (Wildman–Crippen MR) is 102 cm³/mol. The molecule has 0 saturated carbocycles. The van der Waals surface area contributed by atoms with Crippen LogP contribution in [0.15, 0.2) is 0 Å². The summed E-state index contributed by atoms with van der Waals surface area (Å²) in [6.45, 7) is 3.70. The summed E-state index contributed by atoms with van der Waals surface area (Å²) in [5.41, 5.74) is 10.9. The van der Waals surface area contributed by atoms with Crippen molar-refractivity contribution in [3.63, 3.8) is 0 Å². The predicted octanol–water partition coefficient (Wildman–Crippen LogP) is -3.12. The van der Waals surface area contributed by atoms with Crippen molar-refractivity contribution in [2.45, 2.75) is 63.4 Å². The van der Waals surface area contributed by atoms with Gasteiger partial charge in [0.05, 0.1) is 18.1 Å². The van der Waals surface area contributed by atoms with Crippen LogP contribution in [0.5, 0.6) is 0 Å². The Labute approximate surface area is 169 Å². The van der Waals surface area contributed by atoms with E-state index in [-0.39, 0.29) is 12.5 Å². The molecule has 0 aliphatic carbocycles. The maximum atomic E-state index is 13.0. The summed E-state index contributed by atoms with van der Waals surface area (Å²) in [5.74, 6) is -2.51. The molecule has 29 heavy (non-hydrogen) atoms. The molecular formula is C18H31N5O6. The van der Waals surface area contributed by atoms with Gasteiger partial charge >= 0.3 is 0 Å². The molecule has 2 aliphatic heterocycles. The molecule has 11 heteroatoms. The fourth-order valence-corrected chi connectivity index (χ4v) is 3.80. The van der Waals surface area contributed by atoms with E-state index in [0.29, 0.717) is 32.4 Å². The van der Waals surface area contributed by atoms with E-state index in [1.165, 1.54) is 23.6 Å². The number of aliphatic hydroxyl groups is 2. The third kappa shape index (κ3) is 5.22. The highest BCUT2D eigenvalue weighted by molar-refractivity contribution is 5.93. The largest absolute Gasteiger partial charge is 0.391 e. The highest BCUT2D eigenvalue weighted by Crippen LogP contribution is 2.25. The molecule has 164 valence electrons. The number of hydrogen-bond acceptors (Lipinski definition) is 7. The molecule has 2 aliphatic rings. The second kappa shape index (κ2) is 9.51. The van der Waals surface area contributed by atoms with Crippen molar-refractivity contribution in [1.29, 1.82) is 0 Å². The third-order valence-corrected chi connectivity index (χ3v) is 5.58. The maximum absolute atomic E-state index is 13.0. The second-order valence-electron chi connectivity index (χ2n) is 7.86. The van der Waals surface area contributed by atoms with Crippen LogP contribution in [0.25, 0.3) is 0 Å². The second-order valence-corrected chi connectivity index (χ2v) is 7.86. The van der Waals surface area contributed by atoms with E-state index in [9.17, 15) is 29.4 Å². The van der Waals surface area contributed by atoms with Crippen LogP contribution in [0.1, 0.15) is 33.1 Å². The SMILES string of the molecule is CC(O)[C@H](N)C(=O)N1CC[C@@H](C(=O)N2CCC[C@@H]2C(=O)N[C@H](C(N)=O)[C@@H](C)O)C1. The zero-order chi connectivity index (χ0) is 21.9. The van der Waals surface area contributed by atoms with Crippen molar-refractivity contribution in [1.82, 2.24) is 15.1 Å². The Morgan fingerprint density at radius 1 is 1.07 bits per heavy atom. The van der Waals surface area contributed by atoms with Gasteiger partial charge in [0, 0.05) is 19.6 Å². The minimum absolute atomic E-state index is 0.181. The standard InChI is InChI=1S/C18H31N5O6/c1-9(24)13(19)18(29)22-7-5-11(8-22)17(28)23-6-3-4-12(23)16(27)21-14(10(2)25)15(20)26/h9-14,24-25H,3-8,19H2,1-2H3,(H2,20,26)(H,21,27)/t9?,10-,11-,12-,13+,14+/m1/s1. The zero-order valence-corrected chi connectivity index (χ0v) is 16.8. The van der Waals surface area contributed by atoms with Crippen LogP contribution in [0.2, 0.25) is 0 Å². The molecule has 2 rings (SSSR count). The molecule has 2 heterocycles. The molecule has 1 unspecified atom stereocenters. The number of nitrogens with one attached hydrogen (secondary N) is 1. The lowest BCUT2D eigenvalue weighted by molar-refractivity contribution is -0.142. The Hall–Kier alpha value is -2.24. The average molecular weight is 413 g/mol. The number of nitrogens with zero attached hydrogens (tertiary/aromatic N) is 2. The van der Waals surface area contributed by atoms with Gasteiger partial charge in [0.25, 0.3) is 0 Å². The summed E-state index contributed by atoms with van der Waals surface area (Å²) in [5, 5.41) is 21.5. The zero-order valence-electron chi connectivity index (χ0n) is 16.8. The van der Waals surface area contributed by atoms with Crippen LogP contribution in [0.4, 0.5) is 0 Å². The minimum atomic E-state index is -1.23. The van der Waals surface area contributed by atoms with E-state index in [1.807, 2.05) is 0 Å². The van der Waals surface area contributed by atoms with Crippen LogP contribution < -0.4 is 16.8 Å². The number of amides is 4. The van der Waals surface area contributed by atoms with Crippen molar-refractivity contribution in [3.8, 4) is 0 Å². The van der Waals surface area contributed by atoms with Crippen LogP contribution in [-0.4, -0.2) is 93.6 Å². The van der Waals surface area contributed by atoms with Crippen molar-refractivity contribution >= 4 is 23.6 Å². The molecule has 0 aromatic rings. The van der Waals surface area contributed by atoms with E-state index in [2.05, 4.69) is 5.32 Å². The summed E-state index contributed by atoms with van der Waals surface area (Å²) >= 11 is 0. The maximum Gasteiger partial charge on any atom is 0.243 e. The molecule has 0 bridgehead atoms. The normalized spacial score (nSPS) is 26.0. The molecule has 11 nitrogen and oxygen atoms in total. The van der Waals surface area contributed by atoms with Crippen molar-refractivity contribution < 1.29 is 29.4 Å². The highest BCUT2D eigenvalue weighted by atomic mass is 16.3. The first kappa shape index (κ1) is 23.0. The number of carbonyl (C=O) groups is 4. The quantitative estimate of drug-likeness (QED) is 0.293. The van der Waals surface area contributed by atoms with Gasteiger partial charge in [-0.3, -0.25) is 19.2 Å². The summed E-state index contributed by atoms with van der Waals surface area (Å²) < 4.78 is 0. The summed E-state index contributed by atoms with van der Waals surface area (Å²) in [6, 6.07) is -3.03. The van der Waals surface area contributed by atoms with Gasteiger partial charge < -0.3 is 36.8 Å². The van der Waals surface area contributed by atoms with Gasteiger partial charge in [0.1, 0.15) is 18.1 Å². The van der Waals surface area contributed by atoms with Crippen molar-refractivity contribution in [2.75, 3.05) is 19.6 Å². The monoisotopic (exact) mass is 413 g/mol. The number of nitrogens with two attached hydrogens (primary N) is 2. The summed E-state index contributed by atoms with van der Waals surface area (Å²) in [4.78, 5) is 52.2. The fraction of sp³-hybridized carbons (Fsp3) is 0.778. The van der Waals surface area contributed by atoms with Crippen LogP contribution in [-0.2, 0) is 19.2 Å². The first-order valence-corrected chi connectivity index (χ1v) is 9.85. The molecular weight excluding hydrogens is 382 g/mol. The third-order valence-electron chi connectivity index (χ3n) is 5.58. The van der Waals surface area contributed by atoms with E-state index in [1.54, 1.807) is 0 Å². The molecule has 0 aromatic carbocycles. The van der Waals surface area contributed by atoms with E-state index < -0.39 is 54.0 Å². The van der Waals surface area contributed by atoms with E-state index >= 15 is 0 Å². The summed E-state index contributed by atoms with van der Waals surface area (Å²) in [7, 11) is 0. The lowest BCUT2D eigenvalue weighted by Gasteiger charge is -2.28. The average Bonchev–Trinajstić information content (AvgIpc) is 3.32. The lowest BCUT2D eigenvalue weighted by Crippen LogP contribution is -2.56. The molecule has 2 fully saturated rings. The Kier molecular flexibility index (Phi) is 7.55. The van der Waals surface area contributed by atoms with Crippen LogP contribution in [0, 0.1) is 5.92 Å². The number of carbonyl (C=O) groups excluding carboxylic acids is 4.